The molecule has 0 bridgehead atoms. The lowest BCUT2D eigenvalue weighted by Crippen LogP contribution is -2.26. The van der Waals surface area contributed by atoms with Crippen molar-refractivity contribution in [2.24, 2.45) is 0 Å². The zero-order valence-corrected chi connectivity index (χ0v) is 65.9. The highest BCUT2D eigenvalue weighted by atomic mass is 127. The van der Waals surface area contributed by atoms with E-state index in [-0.39, 0.29) is 22.4 Å². The first-order chi connectivity index (χ1) is 48.3. The van der Waals surface area contributed by atoms with Crippen LogP contribution in [0.5, 0.6) is 0 Å². The van der Waals surface area contributed by atoms with Crippen LogP contribution in [0.15, 0.2) is 153 Å². The molecule has 0 unspecified atom stereocenters. The molecule has 0 spiro atoms. The van der Waals surface area contributed by atoms with E-state index in [1.165, 1.54) is 40.6 Å². The Kier molecular flexibility index (Phi) is 25.6. The molecule has 536 valence electrons. The van der Waals surface area contributed by atoms with E-state index in [0.29, 0.717) is 85.4 Å². The van der Waals surface area contributed by atoms with Crippen LogP contribution >= 0.6 is 57.4 Å². The van der Waals surface area contributed by atoms with Gasteiger partial charge in [0.2, 0.25) is 40.1 Å². The summed E-state index contributed by atoms with van der Waals surface area (Å²) in [6.07, 6.45) is 18.1. The number of hydrogen-bond donors (Lipinski definition) is 5. The number of aromatic amines is 2. The number of hydrogen-bond acceptors (Lipinski definition) is 20. The minimum absolute atomic E-state index is 0.173. The second kappa shape index (κ2) is 33.3. The summed E-state index contributed by atoms with van der Waals surface area (Å²) in [6.45, 7) is 6.41. The van der Waals surface area contributed by atoms with Gasteiger partial charge in [-0.05, 0) is 131 Å². The normalized spacial score (nSPS) is 11.8. The predicted molar refractivity (Wildman–Crippen MR) is 424 cm³/mol. The zero-order chi connectivity index (χ0) is 75.5. The molecule has 10 aromatic heterocycles. The molecule has 0 amide bonds. The van der Waals surface area contributed by atoms with Crippen molar-refractivity contribution < 1.29 is 38.5 Å². The lowest BCUT2D eigenvalue weighted by Gasteiger charge is -2.18. The van der Waals surface area contributed by atoms with Crippen molar-refractivity contribution >= 4 is 179 Å². The molecule has 1 aliphatic rings. The number of ketones is 1. The molecule has 10 heterocycles. The van der Waals surface area contributed by atoms with Crippen LogP contribution in [0.25, 0.3) is 44.3 Å². The molecule has 0 atom stereocenters. The lowest BCUT2D eigenvalue weighted by atomic mass is 10.1. The molecule has 35 heteroatoms. The quantitative estimate of drug-likeness (QED) is 0.0328. The van der Waals surface area contributed by atoms with Crippen LogP contribution in [0, 0.1) is 26.9 Å². The molecule has 1 aliphatic carbocycles. The van der Waals surface area contributed by atoms with Crippen LogP contribution < -0.4 is 34.0 Å². The summed E-state index contributed by atoms with van der Waals surface area (Å²) < 4.78 is 99.6. The average molecular weight is 1660 g/mol. The highest BCUT2D eigenvalue weighted by Gasteiger charge is 2.24. The van der Waals surface area contributed by atoms with Crippen molar-refractivity contribution in [2.45, 2.75) is 32.5 Å². The standard InChI is InChI=1S/C23H21N5O3S.2C14H13ClN4O2S.C12H18N2O2SSi.C5H4ClIN2/c1-28(32(2,30)31)23-19(4-3-8-25-23)20-13-15-7-9-24-22(21(15)27-20)26-17-6-5-14-11-18(29)12-16(14)10-17;1-19(22(2,20)21)14-10(4-3-6-17-14)11-8-9-5-7-16-13(15)12(9)18-11;1-19(22(2,20)21)14-11(4-3-8-18-14)6-5-10-7-9-17-13(15)12(10)16;1-14(17(2,15)16)12-11(7-6-9-13-12)8-10-18(3,4)5;6-5-4(8)3(7)1-2-9-5/h3-10,13,27H,11-12H2,1-2H3,(H,24,26);3-8,18H,1-2H3;3-4,7-9H,16H2,1-2H3;6-7,9H,1-5H3;1-2H,8H2. The van der Waals surface area contributed by atoms with Crippen molar-refractivity contribution in [3.05, 3.63) is 200 Å². The number of nitrogens with one attached hydrogen (secondary N) is 3. The smallest absolute Gasteiger partial charge is 0.233 e. The summed E-state index contributed by atoms with van der Waals surface area (Å²) in [5.41, 5.74) is 24.2. The molecule has 0 saturated carbocycles. The molecule has 0 fully saturated rings. The second-order valence-electron chi connectivity index (χ2n) is 23.8. The summed E-state index contributed by atoms with van der Waals surface area (Å²) >= 11 is 19.6. The third-order valence-electron chi connectivity index (χ3n) is 14.9. The van der Waals surface area contributed by atoms with Crippen molar-refractivity contribution in [3.8, 4) is 45.8 Å². The van der Waals surface area contributed by atoms with E-state index in [4.69, 9.17) is 46.3 Å². The number of sulfonamides is 4. The monoisotopic (exact) mass is 1660 g/mol. The highest BCUT2D eigenvalue weighted by Crippen LogP contribution is 2.36. The summed E-state index contributed by atoms with van der Waals surface area (Å²) in [7, 11) is -9.26. The minimum Gasteiger partial charge on any atom is -0.395 e. The number of anilines is 8. The number of fused-ring (bicyclic) bond motifs is 3. The van der Waals surface area contributed by atoms with E-state index in [1.807, 2.05) is 54.6 Å². The minimum atomic E-state index is -3.47. The van der Waals surface area contributed by atoms with Crippen LogP contribution in [0.3, 0.4) is 0 Å². The fourth-order valence-electron chi connectivity index (χ4n) is 9.33. The molecule has 11 aromatic rings. The van der Waals surface area contributed by atoms with E-state index in [0.717, 1.165) is 90.3 Å². The van der Waals surface area contributed by atoms with Gasteiger partial charge < -0.3 is 26.8 Å². The first-order valence-electron chi connectivity index (χ1n) is 30.4. The Hall–Kier alpha value is -9.49. The van der Waals surface area contributed by atoms with E-state index >= 15 is 0 Å². The number of aromatic nitrogens is 10. The number of rotatable bonds is 12. The number of halogens is 4. The first kappa shape index (κ1) is 79.2. The summed E-state index contributed by atoms with van der Waals surface area (Å²) in [5.74, 6) is 11.0. The van der Waals surface area contributed by atoms with Crippen LogP contribution in [-0.2, 0) is 57.7 Å². The third-order valence-corrected chi connectivity index (χ3v) is 22.3. The molecular weight excluding hydrogens is 1590 g/mol. The third kappa shape index (κ3) is 20.9. The van der Waals surface area contributed by atoms with Crippen LogP contribution in [-0.4, -0.2) is 151 Å². The summed E-state index contributed by atoms with van der Waals surface area (Å²) in [4.78, 5) is 51.1. The van der Waals surface area contributed by atoms with Crippen molar-refractivity contribution in [1.29, 1.82) is 0 Å². The number of carbonyl (C=O) groups excluding carboxylic acids is 1. The van der Waals surface area contributed by atoms with Crippen molar-refractivity contribution in [1.82, 2.24) is 49.8 Å². The number of Topliss-reactive ketones (excluding diaryl/α,β-unsaturated/α-hetero) is 1. The average Bonchev–Trinajstić information content (AvgIpc) is 1.67. The van der Waals surface area contributed by atoms with Gasteiger partial charge in [0.25, 0.3) is 0 Å². The molecule has 1 aromatic carbocycles. The van der Waals surface area contributed by atoms with Crippen molar-refractivity contribution in [2.75, 3.05) is 87.2 Å². The van der Waals surface area contributed by atoms with Gasteiger partial charge >= 0.3 is 0 Å². The van der Waals surface area contributed by atoms with Gasteiger partial charge in [-0.25, -0.2) is 73.5 Å². The largest absolute Gasteiger partial charge is 0.395 e. The fraction of sp³-hybridized carbons (Fsp3) is 0.191. The molecule has 26 nitrogen and oxygen atoms in total. The van der Waals surface area contributed by atoms with Gasteiger partial charge in [0.1, 0.15) is 13.9 Å². The van der Waals surface area contributed by atoms with Crippen LogP contribution in [0.4, 0.5) is 46.2 Å². The summed E-state index contributed by atoms with van der Waals surface area (Å²) in [5, 5.41) is 6.08. The number of carbonyl (C=O) groups is 1. The van der Waals surface area contributed by atoms with Gasteiger partial charge in [0, 0.05) is 122 Å². The molecule has 0 aliphatic heterocycles. The fourth-order valence-corrected chi connectivity index (χ4v) is 12.8. The number of benzene rings is 1. The number of pyridine rings is 8. The Morgan fingerprint density at radius 3 is 1.39 bits per heavy atom. The maximum atomic E-state index is 12.1. The van der Waals surface area contributed by atoms with E-state index in [1.54, 1.807) is 85.7 Å². The lowest BCUT2D eigenvalue weighted by molar-refractivity contribution is -0.117. The van der Waals surface area contributed by atoms with E-state index < -0.39 is 48.2 Å². The number of nitrogen functional groups attached to an aromatic ring is 2. The number of nitrogens with two attached hydrogens (primary N) is 2. The van der Waals surface area contributed by atoms with Gasteiger partial charge in [-0.1, -0.05) is 78.3 Å². The van der Waals surface area contributed by atoms with Gasteiger partial charge in [0.05, 0.1) is 75.5 Å². The first-order valence-corrected chi connectivity index (χ1v) is 43.5. The maximum Gasteiger partial charge on any atom is 0.233 e. The van der Waals surface area contributed by atoms with Crippen LogP contribution in [0.2, 0.25) is 35.1 Å². The van der Waals surface area contributed by atoms with Crippen molar-refractivity contribution in [3.63, 3.8) is 0 Å². The number of nitrogens with zero attached hydrogens (tertiary/aromatic N) is 12. The van der Waals surface area contributed by atoms with Crippen LogP contribution in [0.1, 0.15) is 27.8 Å². The van der Waals surface area contributed by atoms with Gasteiger partial charge in [-0.2, -0.15) is 0 Å². The molecule has 12 rings (SSSR count). The van der Waals surface area contributed by atoms with E-state index in [2.05, 4.69) is 121 Å². The topological polar surface area (TPSA) is 365 Å². The predicted octanol–water partition coefficient (Wildman–Crippen LogP) is 11.2. The number of H-pyrrole nitrogens is 2. The molecule has 0 radical (unpaired) electrons. The second-order valence-corrected chi connectivity index (χ2v) is 38.8. The van der Waals surface area contributed by atoms with E-state index in [9.17, 15) is 38.5 Å². The Morgan fingerprint density at radius 1 is 0.476 bits per heavy atom. The van der Waals surface area contributed by atoms with Gasteiger partial charge in [-0.3, -0.25) is 22.0 Å². The van der Waals surface area contributed by atoms with Gasteiger partial charge in [0.15, 0.2) is 44.5 Å². The zero-order valence-electron chi connectivity index (χ0n) is 57.2. The molecule has 0 saturated heterocycles. The highest BCUT2D eigenvalue weighted by molar-refractivity contribution is 14.1. The molecule has 103 heavy (non-hydrogen) atoms. The Labute approximate surface area is 627 Å². The SMILES string of the molecule is CN(c1ncccc1-c1cc2ccnc(Cl)c2[nH]1)S(C)(=O)=O.CN(c1ncccc1-c1cc2ccnc(Nc3ccc4c(c3)CC(=O)C4)c2[nH]1)S(C)(=O)=O.CN(c1ncccc1C#C[Si](C)(C)C)S(C)(=O)=O.CN(c1ncccc1C#Cc1ccnc(Cl)c1N)S(C)(=O)=O.Nc1c(I)ccnc1Cl. The molecule has 7 N–H and O–H groups in total. The summed E-state index contributed by atoms with van der Waals surface area (Å²) in [6, 6.07) is 30.9. The Morgan fingerprint density at radius 2 is 0.893 bits per heavy atom. The van der Waals surface area contributed by atoms with Gasteiger partial charge in [-0.15, -0.1) is 5.54 Å². The maximum absolute atomic E-state index is 12.1. The Balaban J connectivity index is 0.000000170. The molecular formula is C68H69Cl3IN17O9S4Si. The Bertz CT molecular complexity index is 5620.